The monoisotopic (exact) mass is 366 g/mol. The lowest BCUT2D eigenvalue weighted by Gasteiger charge is -2.13. The molecule has 0 spiro atoms. The molecule has 0 aliphatic rings. The SMILES string of the molecule is CCCCOc1ccc(-c2ccc(CCC)cc2[SiH](Cl)Cl)cc1. The number of halogens is 2. The molecule has 0 radical (unpaired) electrons. The van der Waals surface area contributed by atoms with Crippen LogP contribution in [-0.4, -0.2) is 14.0 Å². The van der Waals surface area contributed by atoms with Crippen molar-refractivity contribution in [2.24, 2.45) is 0 Å². The zero-order chi connectivity index (χ0) is 16.7. The van der Waals surface area contributed by atoms with Gasteiger partial charge in [-0.2, -0.15) is 0 Å². The third kappa shape index (κ3) is 5.27. The van der Waals surface area contributed by atoms with Gasteiger partial charge in [0.05, 0.1) is 6.61 Å². The quantitative estimate of drug-likeness (QED) is 0.345. The highest BCUT2D eigenvalue weighted by Gasteiger charge is 2.14. The van der Waals surface area contributed by atoms with Gasteiger partial charge in [0.2, 0.25) is 0 Å². The molecule has 0 aliphatic carbocycles. The highest BCUT2D eigenvalue weighted by atomic mass is 35.7. The van der Waals surface area contributed by atoms with Crippen LogP contribution < -0.4 is 9.92 Å². The van der Waals surface area contributed by atoms with Crippen LogP contribution in [-0.2, 0) is 6.42 Å². The Labute approximate surface area is 150 Å². The van der Waals surface area contributed by atoms with Gasteiger partial charge in [-0.1, -0.05) is 57.0 Å². The third-order valence-electron chi connectivity index (χ3n) is 3.82. The van der Waals surface area contributed by atoms with Gasteiger partial charge in [-0.25, -0.2) is 0 Å². The maximum atomic E-state index is 6.33. The van der Waals surface area contributed by atoms with E-state index in [1.807, 2.05) is 12.1 Å². The summed E-state index contributed by atoms with van der Waals surface area (Å²) in [5.41, 5.74) is 3.60. The van der Waals surface area contributed by atoms with Crippen LogP contribution in [0, 0.1) is 0 Å². The Balaban J connectivity index is 2.23. The van der Waals surface area contributed by atoms with Gasteiger partial charge in [-0.15, -0.1) is 22.2 Å². The number of benzene rings is 2. The van der Waals surface area contributed by atoms with E-state index in [0.29, 0.717) is 0 Å². The van der Waals surface area contributed by atoms with Crippen LogP contribution in [0.2, 0.25) is 0 Å². The molecule has 0 N–H and O–H groups in total. The van der Waals surface area contributed by atoms with Gasteiger partial charge in [0.25, 0.3) is 7.42 Å². The maximum Gasteiger partial charge on any atom is 0.267 e. The first-order valence-electron chi connectivity index (χ1n) is 8.30. The van der Waals surface area contributed by atoms with E-state index in [-0.39, 0.29) is 0 Å². The Morgan fingerprint density at radius 3 is 2.30 bits per heavy atom. The van der Waals surface area contributed by atoms with E-state index in [2.05, 4.69) is 44.2 Å². The number of ether oxygens (including phenoxy) is 1. The van der Waals surface area contributed by atoms with E-state index in [1.54, 1.807) is 0 Å². The first-order chi connectivity index (χ1) is 11.2. The topological polar surface area (TPSA) is 9.23 Å². The predicted molar refractivity (Wildman–Crippen MR) is 105 cm³/mol. The van der Waals surface area contributed by atoms with Gasteiger partial charge in [-0.3, -0.25) is 0 Å². The standard InChI is InChI=1S/C19H24Cl2OSi/c1-3-5-13-22-17-10-8-16(9-11-17)18-12-7-15(6-4-2)14-19(18)23(20)21/h7-12,14,23H,3-6,13H2,1-2H3. The molecule has 0 aromatic heterocycles. The van der Waals surface area contributed by atoms with Crippen molar-refractivity contribution < 1.29 is 4.74 Å². The summed E-state index contributed by atoms with van der Waals surface area (Å²) in [5, 5.41) is 1.11. The molecule has 1 nitrogen and oxygen atoms in total. The molecule has 0 saturated heterocycles. The highest BCUT2D eigenvalue weighted by Crippen LogP contribution is 2.23. The molecule has 0 unspecified atom stereocenters. The Kier molecular flexibility index (Phi) is 7.48. The average Bonchev–Trinajstić information content (AvgIpc) is 2.56. The number of hydrogen-bond acceptors (Lipinski definition) is 1. The minimum Gasteiger partial charge on any atom is -0.494 e. The summed E-state index contributed by atoms with van der Waals surface area (Å²) in [5.74, 6) is 0.914. The highest BCUT2D eigenvalue weighted by molar-refractivity contribution is 7.39. The van der Waals surface area contributed by atoms with Crippen LogP contribution in [0.15, 0.2) is 42.5 Å². The molecule has 0 heterocycles. The maximum absolute atomic E-state index is 6.33. The largest absolute Gasteiger partial charge is 0.494 e. The summed E-state index contributed by atoms with van der Waals surface area (Å²) in [6.07, 6.45) is 4.41. The summed E-state index contributed by atoms with van der Waals surface area (Å²) in [6, 6.07) is 14.7. The minimum absolute atomic E-state index is 0.769. The van der Waals surface area contributed by atoms with Crippen molar-refractivity contribution in [3.8, 4) is 16.9 Å². The van der Waals surface area contributed by atoms with Crippen LogP contribution in [0.3, 0.4) is 0 Å². The summed E-state index contributed by atoms with van der Waals surface area (Å²) >= 11 is 12.7. The molecule has 0 saturated carbocycles. The fraction of sp³-hybridized carbons (Fsp3) is 0.368. The molecule has 2 aromatic carbocycles. The molecule has 0 aliphatic heterocycles. The van der Waals surface area contributed by atoms with Crippen molar-refractivity contribution >= 4 is 34.8 Å². The first kappa shape index (κ1) is 18.4. The van der Waals surface area contributed by atoms with Crippen LogP contribution in [0.1, 0.15) is 38.7 Å². The Morgan fingerprint density at radius 2 is 1.70 bits per heavy atom. The summed E-state index contributed by atoms with van der Waals surface area (Å²) < 4.78 is 5.72. The normalized spacial score (nSPS) is 11.0. The summed E-state index contributed by atoms with van der Waals surface area (Å²) in [7, 11) is -1.91. The van der Waals surface area contributed by atoms with Gasteiger partial charge in [-0.05, 0) is 46.9 Å². The van der Waals surface area contributed by atoms with Crippen molar-refractivity contribution in [2.45, 2.75) is 39.5 Å². The van der Waals surface area contributed by atoms with Gasteiger partial charge >= 0.3 is 0 Å². The molecule has 2 rings (SSSR count). The fourth-order valence-corrected chi connectivity index (χ4v) is 4.49. The van der Waals surface area contributed by atoms with Gasteiger partial charge in [0.1, 0.15) is 5.75 Å². The zero-order valence-electron chi connectivity index (χ0n) is 13.8. The number of rotatable bonds is 8. The van der Waals surface area contributed by atoms with E-state index in [4.69, 9.17) is 26.9 Å². The molecular formula is C19H24Cl2OSi. The fourth-order valence-electron chi connectivity index (χ4n) is 2.56. The summed E-state index contributed by atoms with van der Waals surface area (Å²) in [6.45, 7) is 5.11. The molecule has 0 fully saturated rings. The molecule has 0 amide bonds. The first-order valence-corrected chi connectivity index (χ1v) is 12.4. The van der Waals surface area contributed by atoms with E-state index < -0.39 is 7.42 Å². The Bertz CT molecular complexity index is 611. The van der Waals surface area contributed by atoms with Crippen molar-refractivity contribution in [3.63, 3.8) is 0 Å². The van der Waals surface area contributed by atoms with Gasteiger partial charge < -0.3 is 4.74 Å². The van der Waals surface area contributed by atoms with Crippen LogP contribution in [0.25, 0.3) is 11.1 Å². The molecule has 23 heavy (non-hydrogen) atoms. The Hall–Kier alpha value is -0.963. The van der Waals surface area contributed by atoms with E-state index in [9.17, 15) is 0 Å². The Morgan fingerprint density at radius 1 is 0.957 bits per heavy atom. The minimum atomic E-state index is -1.91. The molecule has 2 aromatic rings. The van der Waals surface area contributed by atoms with E-state index in [1.165, 1.54) is 5.56 Å². The summed E-state index contributed by atoms with van der Waals surface area (Å²) in [4.78, 5) is 0. The number of hydrogen-bond donors (Lipinski definition) is 0. The molecule has 4 heteroatoms. The average molecular weight is 367 g/mol. The predicted octanol–water partition coefficient (Wildman–Crippen LogP) is 5.39. The van der Waals surface area contributed by atoms with E-state index >= 15 is 0 Å². The smallest absolute Gasteiger partial charge is 0.267 e. The van der Waals surface area contributed by atoms with Crippen molar-refractivity contribution in [2.75, 3.05) is 6.61 Å². The van der Waals surface area contributed by atoms with Gasteiger partial charge in [0.15, 0.2) is 0 Å². The lowest BCUT2D eigenvalue weighted by Crippen LogP contribution is -2.21. The second kappa shape index (κ2) is 9.36. The lowest BCUT2D eigenvalue weighted by atomic mass is 10.0. The molecular weight excluding hydrogens is 343 g/mol. The molecule has 124 valence electrons. The zero-order valence-corrected chi connectivity index (χ0v) is 16.5. The third-order valence-corrected chi connectivity index (χ3v) is 6.18. The van der Waals surface area contributed by atoms with Crippen LogP contribution in [0.5, 0.6) is 5.75 Å². The van der Waals surface area contributed by atoms with Crippen molar-refractivity contribution in [3.05, 3.63) is 48.0 Å². The lowest BCUT2D eigenvalue weighted by molar-refractivity contribution is 0.309. The van der Waals surface area contributed by atoms with Crippen LogP contribution in [0.4, 0.5) is 0 Å². The second-order valence-electron chi connectivity index (χ2n) is 5.70. The number of unbranched alkanes of at least 4 members (excludes halogenated alkanes) is 1. The molecule has 0 atom stereocenters. The van der Waals surface area contributed by atoms with E-state index in [0.717, 1.165) is 54.4 Å². The van der Waals surface area contributed by atoms with Crippen molar-refractivity contribution in [1.29, 1.82) is 0 Å². The van der Waals surface area contributed by atoms with Crippen LogP contribution >= 0.6 is 22.2 Å². The van der Waals surface area contributed by atoms with Crippen molar-refractivity contribution in [1.82, 2.24) is 0 Å². The number of aryl methyl sites for hydroxylation is 1. The van der Waals surface area contributed by atoms with Gasteiger partial charge in [0, 0.05) is 0 Å². The second-order valence-corrected chi connectivity index (χ2v) is 10.2. The molecule has 0 bridgehead atoms.